The van der Waals surface area contributed by atoms with Gasteiger partial charge in [0.2, 0.25) is 0 Å². The first-order valence-corrected chi connectivity index (χ1v) is 14.7. The number of fused-ring (bicyclic) bond motifs is 2. The van der Waals surface area contributed by atoms with E-state index in [1.165, 1.54) is 69.0 Å². The molecule has 0 unspecified atom stereocenters. The third kappa shape index (κ3) is 3.06. The van der Waals surface area contributed by atoms with Crippen molar-refractivity contribution in [1.82, 2.24) is 14.8 Å². The molecule has 5 heteroatoms. The fourth-order valence-electron chi connectivity index (χ4n) is 9.88. The van der Waals surface area contributed by atoms with Gasteiger partial charge in [0.25, 0.3) is 0 Å². The van der Waals surface area contributed by atoms with E-state index in [1.54, 1.807) is 11.1 Å². The summed E-state index contributed by atoms with van der Waals surface area (Å²) in [4.78, 5) is 9.96. The SMILES string of the molecule is C[C@]12CC=C3C=C4CC[C@@H](N5CCOCC5)C[C@]45CC[C@]3(O5)[C@@H]1CC[C@@H]2N1CCc2ccncc2C1. The van der Waals surface area contributed by atoms with Crippen molar-refractivity contribution in [2.45, 2.75) is 94.5 Å². The Morgan fingerprint density at radius 1 is 1.00 bits per heavy atom. The van der Waals surface area contributed by atoms with Crippen LogP contribution in [0.3, 0.4) is 0 Å². The zero-order valence-corrected chi connectivity index (χ0v) is 21.9. The standard InChI is InChI=1S/C31H41N3O2/c1-29-9-6-25-18-24-2-3-26(33-14-16-35-17-15-33)19-30(24)10-11-31(25,36-30)27(29)4-5-28(29)34-13-8-22-7-12-32-20-23(22)21-34/h6-7,12,18,20,26-28H,2-5,8-11,13-17,19,21H2,1H3/t26-,27-,28+,29+,30-,31-/m1/s1. The molecule has 0 radical (unpaired) electrons. The van der Waals surface area contributed by atoms with Crippen molar-refractivity contribution in [3.8, 4) is 0 Å². The Balaban J connectivity index is 1.09. The summed E-state index contributed by atoms with van der Waals surface area (Å²) in [6.45, 7) is 8.83. The molecule has 3 aliphatic carbocycles. The lowest BCUT2D eigenvalue weighted by molar-refractivity contribution is -0.147. The van der Waals surface area contributed by atoms with Gasteiger partial charge in [-0.15, -0.1) is 0 Å². The van der Waals surface area contributed by atoms with Crippen LogP contribution in [0, 0.1) is 11.3 Å². The van der Waals surface area contributed by atoms with Crippen molar-refractivity contribution in [3.63, 3.8) is 0 Å². The van der Waals surface area contributed by atoms with Crippen LogP contribution in [0.25, 0.3) is 0 Å². The van der Waals surface area contributed by atoms with Crippen LogP contribution in [0.1, 0.15) is 69.4 Å². The summed E-state index contributed by atoms with van der Waals surface area (Å²) in [5.74, 6) is 0.631. The topological polar surface area (TPSA) is 37.8 Å². The second-order valence-electron chi connectivity index (χ2n) is 13.1. The molecule has 5 heterocycles. The first-order chi connectivity index (χ1) is 17.6. The second kappa shape index (κ2) is 7.99. The van der Waals surface area contributed by atoms with Gasteiger partial charge in [0.1, 0.15) is 0 Å². The Morgan fingerprint density at radius 3 is 2.83 bits per heavy atom. The number of aromatic nitrogens is 1. The largest absolute Gasteiger partial charge is 0.379 e. The average molecular weight is 488 g/mol. The molecule has 2 saturated carbocycles. The Labute approximate surface area is 215 Å². The van der Waals surface area contributed by atoms with Gasteiger partial charge in [-0.3, -0.25) is 14.8 Å². The molecule has 0 aromatic carbocycles. The molecule has 5 nitrogen and oxygen atoms in total. The average Bonchev–Trinajstić information content (AvgIpc) is 3.43. The predicted octanol–water partition coefficient (Wildman–Crippen LogP) is 4.67. The normalized spacial score (nSPS) is 44.2. The van der Waals surface area contributed by atoms with Crippen molar-refractivity contribution >= 4 is 0 Å². The second-order valence-corrected chi connectivity index (χ2v) is 13.1. The van der Waals surface area contributed by atoms with E-state index < -0.39 is 0 Å². The van der Waals surface area contributed by atoms with E-state index >= 15 is 0 Å². The van der Waals surface area contributed by atoms with E-state index in [1.807, 2.05) is 6.20 Å². The predicted molar refractivity (Wildman–Crippen MR) is 140 cm³/mol. The minimum absolute atomic E-state index is 0.00929. The monoisotopic (exact) mass is 487 g/mol. The summed E-state index contributed by atoms with van der Waals surface area (Å²) in [6.07, 6.45) is 20.4. The van der Waals surface area contributed by atoms with Crippen LogP contribution in [0.5, 0.6) is 0 Å². The van der Waals surface area contributed by atoms with Crippen molar-refractivity contribution in [3.05, 3.63) is 52.9 Å². The van der Waals surface area contributed by atoms with E-state index in [0.717, 1.165) is 39.3 Å². The molecule has 0 N–H and O–H groups in total. The molecule has 7 aliphatic rings. The number of allylic oxidation sites excluding steroid dienone is 1. The lowest BCUT2D eigenvalue weighted by Gasteiger charge is -2.56. The zero-order chi connectivity index (χ0) is 24.0. The first-order valence-electron chi connectivity index (χ1n) is 14.7. The summed E-state index contributed by atoms with van der Waals surface area (Å²) < 4.78 is 13.2. The Kier molecular flexibility index (Phi) is 4.98. The Hall–Kier alpha value is -1.53. The number of morpholine rings is 1. The number of nitrogens with zero attached hydrogens (tertiary/aromatic N) is 3. The maximum absolute atomic E-state index is 7.55. The van der Waals surface area contributed by atoms with Crippen LogP contribution in [0.15, 0.2) is 41.8 Å². The number of hydrogen-bond donors (Lipinski definition) is 0. The third-order valence-corrected chi connectivity index (χ3v) is 11.7. The van der Waals surface area contributed by atoms with Crippen LogP contribution >= 0.6 is 0 Å². The molecule has 1 aromatic heterocycles. The highest BCUT2D eigenvalue weighted by molar-refractivity contribution is 5.47. The lowest BCUT2D eigenvalue weighted by Crippen LogP contribution is -2.58. The summed E-state index contributed by atoms with van der Waals surface area (Å²) in [7, 11) is 0. The summed E-state index contributed by atoms with van der Waals surface area (Å²) in [5.41, 5.74) is 6.34. The van der Waals surface area contributed by atoms with Crippen molar-refractivity contribution in [2.24, 2.45) is 11.3 Å². The Morgan fingerprint density at radius 2 is 1.92 bits per heavy atom. The van der Waals surface area contributed by atoms with E-state index in [9.17, 15) is 0 Å². The highest BCUT2D eigenvalue weighted by atomic mass is 16.5. The van der Waals surface area contributed by atoms with Crippen molar-refractivity contribution < 1.29 is 9.47 Å². The molecular formula is C31H41N3O2. The van der Waals surface area contributed by atoms with Gasteiger partial charge >= 0.3 is 0 Å². The molecule has 1 aromatic rings. The quantitative estimate of drug-likeness (QED) is 0.606. The number of ether oxygens (including phenoxy) is 2. The van der Waals surface area contributed by atoms with Crippen LogP contribution in [-0.2, 0) is 22.4 Å². The summed E-state index contributed by atoms with van der Waals surface area (Å²) >= 11 is 0. The molecule has 2 spiro atoms. The minimum Gasteiger partial charge on any atom is -0.379 e. The summed E-state index contributed by atoms with van der Waals surface area (Å²) in [6, 6.07) is 3.52. The molecule has 2 bridgehead atoms. The van der Waals surface area contributed by atoms with Gasteiger partial charge in [-0.1, -0.05) is 19.1 Å². The highest BCUT2D eigenvalue weighted by Crippen LogP contribution is 2.67. The van der Waals surface area contributed by atoms with Gasteiger partial charge in [-0.2, -0.15) is 0 Å². The Bertz CT molecular complexity index is 1120. The molecule has 36 heavy (non-hydrogen) atoms. The minimum atomic E-state index is -0.0482. The molecule has 6 atom stereocenters. The van der Waals surface area contributed by atoms with Crippen LogP contribution in [0.4, 0.5) is 0 Å². The molecule has 192 valence electrons. The molecule has 2 saturated heterocycles. The van der Waals surface area contributed by atoms with Crippen molar-refractivity contribution in [1.29, 1.82) is 0 Å². The van der Waals surface area contributed by atoms with Gasteiger partial charge in [0, 0.05) is 50.7 Å². The van der Waals surface area contributed by atoms with Gasteiger partial charge in [-0.05, 0) is 97.5 Å². The number of pyridine rings is 1. The maximum atomic E-state index is 7.55. The van der Waals surface area contributed by atoms with Gasteiger partial charge in [-0.25, -0.2) is 0 Å². The van der Waals surface area contributed by atoms with Gasteiger partial charge in [0.15, 0.2) is 0 Å². The molecule has 8 rings (SSSR count). The number of hydrogen-bond acceptors (Lipinski definition) is 5. The lowest BCUT2D eigenvalue weighted by atomic mass is 9.59. The molecule has 0 amide bonds. The number of rotatable bonds is 2. The molecule has 4 aliphatic heterocycles. The molecular weight excluding hydrogens is 446 g/mol. The van der Waals surface area contributed by atoms with Gasteiger partial charge in [0.05, 0.1) is 24.4 Å². The van der Waals surface area contributed by atoms with Crippen LogP contribution in [0.2, 0.25) is 0 Å². The van der Waals surface area contributed by atoms with Crippen molar-refractivity contribution in [2.75, 3.05) is 32.8 Å². The fourth-order valence-corrected chi connectivity index (χ4v) is 9.88. The van der Waals surface area contributed by atoms with Crippen LogP contribution < -0.4 is 0 Å². The summed E-state index contributed by atoms with van der Waals surface area (Å²) in [5, 5.41) is 0. The van der Waals surface area contributed by atoms with E-state index in [4.69, 9.17) is 9.47 Å². The van der Waals surface area contributed by atoms with E-state index in [2.05, 4.69) is 46.1 Å². The van der Waals surface area contributed by atoms with E-state index in [0.29, 0.717) is 23.4 Å². The highest BCUT2D eigenvalue weighted by Gasteiger charge is 2.67. The fraction of sp³-hybridized carbons (Fsp3) is 0.710. The first kappa shape index (κ1) is 22.5. The molecule has 4 fully saturated rings. The zero-order valence-electron chi connectivity index (χ0n) is 21.9. The van der Waals surface area contributed by atoms with E-state index in [-0.39, 0.29) is 11.2 Å². The maximum Gasteiger partial charge on any atom is 0.0975 e. The van der Waals surface area contributed by atoms with Gasteiger partial charge < -0.3 is 9.47 Å². The van der Waals surface area contributed by atoms with Crippen LogP contribution in [-0.4, -0.2) is 70.9 Å². The smallest absolute Gasteiger partial charge is 0.0975 e. The third-order valence-electron chi connectivity index (χ3n) is 11.7.